The van der Waals surface area contributed by atoms with Crippen LogP contribution in [0.4, 0.5) is 0 Å². The molecule has 0 aliphatic rings. The molecule has 1 aromatic heterocycles. The molecule has 156 valence electrons. The molecule has 3 aromatic carbocycles. The van der Waals surface area contributed by atoms with Crippen LogP contribution in [-0.2, 0) is 19.3 Å². The number of rotatable bonds is 6. The van der Waals surface area contributed by atoms with Crippen LogP contribution < -0.4 is 11.2 Å². The lowest BCUT2D eigenvalue weighted by molar-refractivity contribution is 0.592. The van der Waals surface area contributed by atoms with Crippen molar-refractivity contribution in [1.82, 2.24) is 9.13 Å². The Bertz CT molecular complexity index is 1270. The van der Waals surface area contributed by atoms with Gasteiger partial charge in [-0.05, 0) is 29.2 Å². The normalized spacial score (nSPS) is 10.9. The van der Waals surface area contributed by atoms with Crippen molar-refractivity contribution in [2.24, 2.45) is 7.05 Å². The van der Waals surface area contributed by atoms with Gasteiger partial charge in [0, 0.05) is 18.4 Å². The SMILES string of the molecule is Cc1c(SCc2ccccc2-c2ccccc2)n(C)c(=O)n(Cc2ccccc2)c1=O. The number of nitrogens with zero attached hydrogens (tertiary/aromatic N) is 2. The molecule has 0 aliphatic carbocycles. The zero-order valence-corrected chi connectivity index (χ0v) is 18.4. The van der Waals surface area contributed by atoms with Crippen molar-refractivity contribution >= 4 is 11.8 Å². The predicted octanol–water partition coefficient (Wildman–Crippen LogP) is 4.86. The van der Waals surface area contributed by atoms with Gasteiger partial charge in [0.1, 0.15) is 0 Å². The molecule has 4 nitrogen and oxygen atoms in total. The standard InChI is InChI=1S/C26H24N2O2S/c1-19-24(29)28(17-20-11-5-3-6-12-20)26(30)27(2)25(19)31-18-22-15-9-10-16-23(22)21-13-7-4-8-14-21/h3-16H,17-18H2,1-2H3. The molecule has 5 heteroatoms. The molecule has 4 rings (SSSR count). The number of hydrogen-bond donors (Lipinski definition) is 0. The Balaban J connectivity index is 1.65. The van der Waals surface area contributed by atoms with Crippen LogP contribution in [0.25, 0.3) is 11.1 Å². The summed E-state index contributed by atoms with van der Waals surface area (Å²) in [7, 11) is 1.74. The van der Waals surface area contributed by atoms with Crippen molar-refractivity contribution in [2.45, 2.75) is 24.2 Å². The topological polar surface area (TPSA) is 44.0 Å². The van der Waals surface area contributed by atoms with Gasteiger partial charge in [0.2, 0.25) is 0 Å². The Morgan fingerprint density at radius 1 is 0.806 bits per heavy atom. The first-order chi connectivity index (χ1) is 15.1. The number of thioether (sulfide) groups is 1. The van der Waals surface area contributed by atoms with Gasteiger partial charge in [-0.15, -0.1) is 11.8 Å². The Hall–Kier alpha value is -3.31. The predicted molar refractivity (Wildman–Crippen MR) is 128 cm³/mol. The Morgan fingerprint density at radius 2 is 1.42 bits per heavy atom. The summed E-state index contributed by atoms with van der Waals surface area (Å²) < 4.78 is 2.90. The lowest BCUT2D eigenvalue weighted by Gasteiger charge is -2.15. The van der Waals surface area contributed by atoms with Crippen molar-refractivity contribution < 1.29 is 0 Å². The van der Waals surface area contributed by atoms with Crippen LogP contribution in [0, 0.1) is 6.92 Å². The van der Waals surface area contributed by atoms with E-state index >= 15 is 0 Å². The maximum absolute atomic E-state index is 13.0. The summed E-state index contributed by atoms with van der Waals surface area (Å²) in [6, 6.07) is 28.1. The van der Waals surface area contributed by atoms with Crippen LogP contribution in [0.1, 0.15) is 16.7 Å². The molecule has 0 atom stereocenters. The first kappa shape index (κ1) is 20.9. The van der Waals surface area contributed by atoms with E-state index in [4.69, 9.17) is 0 Å². The Kier molecular flexibility index (Phi) is 6.23. The van der Waals surface area contributed by atoms with Gasteiger partial charge in [0.15, 0.2) is 0 Å². The molecular weight excluding hydrogens is 404 g/mol. The van der Waals surface area contributed by atoms with Crippen LogP contribution in [-0.4, -0.2) is 9.13 Å². The van der Waals surface area contributed by atoms with Crippen LogP contribution >= 0.6 is 11.8 Å². The highest BCUT2D eigenvalue weighted by Crippen LogP contribution is 2.30. The number of benzene rings is 3. The van der Waals surface area contributed by atoms with Crippen LogP contribution in [0.15, 0.2) is 99.5 Å². The fourth-order valence-corrected chi connectivity index (χ4v) is 4.82. The second-order valence-electron chi connectivity index (χ2n) is 7.46. The van der Waals surface area contributed by atoms with E-state index < -0.39 is 0 Å². The van der Waals surface area contributed by atoms with Gasteiger partial charge < -0.3 is 0 Å². The van der Waals surface area contributed by atoms with E-state index in [2.05, 4.69) is 24.3 Å². The summed E-state index contributed by atoms with van der Waals surface area (Å²) in [5.74, 6) is 0.668. The van der Waals surface area contributed by atoms with Crippen molar-refractivity contribution in [2.75, 3.05) is 0 Å². The minimum Gasteiger partial charge on any atom is -0.291 e. The van der Waals surface area contributed by atoms with Crippen LogP contribution in [0.5, 0.6) is 0 Å². The largest absolute Gasteiger partial charge is 0.331 e. The molecule has 0 amide bonds. The van der Waals surface area contributed by atoms with Crippen LogP contribution in [0.2, 0.25) is 0 Å². The fraction of sp³-hybridized carbons (Fsp3) is 0.154. The smallest absolute Gasteiger partial charge is 0.291 e. The van der Waals surface area contributed by atoms with Crippen molar-refractivity contribution in [3.63, 3.8) is 0 Å². The quantitative estimate of drug-likeness (QED) is 0.325. The molecule has 0 unspecified atom stereocenters. The van der Waals surface area contributed by atoms with Crippen LogP contribution in [0.3, 0.4) is 0 Å². The molecule has 4 aromatic rings. The maximum Gasteiger partial charge on any atom is 0.331 e. The molecule has 0 bridgehead atoms. The molecular formula is C26H24N2O2S. The lowest BCUT2D eigenvalue weighted by Crippen LogP contribution is -2.41. The minimum absolute atomic E-state index is 0.231. The first-order valence-corrected chi connectivity index (χ1v) is 11.2. The average Bonchev–Trinajstić information content (AvgIpc) is 2.82. The number of hydrogen-bond acceptors (Lipinski definition) is 3. The molecule has 1 heterocycles. The maximum atomic E-state index is 13.0. The van der Waals surface area contributed by atoms with Gasteiger partial charge in [-0.25, -0.2) is 4.79 Å². The second kappa shape index (κ2) is 9.23. The molecule has 0 spiro atoms. The van der Waals surface area contributed by atoms with Crippen molar-refractivity contribution in [3.8, 4) is 11.1 Å². The lowest BCUT2D eigenvalue weighted by atomic mass is 10.0. The number of aromatic nitrogens is 2. The van der Waals surface area contributed by atoms with Crippen molar-refractivity contribution in [1.29, 1.82) is 0 Å². The van der Waals surface area contributed by atoms with E-state index in [0.717, 1.165) is 16.7 Å². The van der Waals surface area contributed by atoms with E-state index in [1.54, 1.807) is 18.5 Å². The summed E-state index contributed by atoms with van der Waals surface area (Å²) in [4.78, 5) is 26.0. The molecule has 0 saturated heterocycles. The minimum atomic E-state index is -0.293. The molecule has 0 aliphatic heterocycles. The summed E-state index contributed by atoms with van der Waals surface area (Å²) in [5, 5.41) is 0.710. The van der Waals surface area contributed by atoms with E-state index in [1.807, 2.05) is 60.7 Å². The molecule has 0 radical (unpaired) electrons. The first-order valence-electron chi connectivity index (χ1n) is 10.2. The molecule has 0 N–H and O–H groups in total. The summed E-state index contributed by atoms with van der Waals surface area (Å²) in [6.45, 7) is 2.07. The molecule has 0 fully saturated rings. The fourth-order valence-electron chi connectivity index (χ4n) is 3.70. The second-order valence-corrected chi connectivity index (χ2v) is 8.42. The third-order valence-corrected chi connectivity index (χ3v) is 6.67. The van der Waals surface area contributed by atoms with Gasteiger partial charge in [0.25, 0.3) is 5.56 Å². The zero-order chi connectivity index (χ0) is 21.8. The Labute approximate surface area is 185 Å². The molecule has 31 heavy (non-hydrogen) atoms. The van der Waals surface area contributed by atoms with E-state index in [9.17, 15) is 9.59 Å². The summed E-state index contributed by atoms with van der Waals surface area (Å²) >= 11 is 1.53. The highest BCUT2D eigenvalue weighted by Gasteiger charge is 2.16. The van der Waals surface area contributed by atoms with Gasteiger partial charge in [-0.2, -0.15) is 0 Å². The monoisotopic (exact) mass is 428 g/mol. The highest BCUT2D eigenvalue weighted by atomic mass is 32.2. The highest BCUT2D eigenvalue weighted by molar-refractivity contribution is 7.98. The van der Waals surface area contributed by atoms with Gasteiger partial charge in [-0.1, -0.05) is 84.9 Å². The van der Waals surface area contributed by atoms with Crippen molar-refractivity contribution in [3.05, 3.63) is 122 Å². The van der Waals surface area contributed by atoms with E-state index in [-0.39, 0.29) is 17.8 Å². The van der Waals surface area contributed by atoms with Gasteiger partial charge in [0.05, 0.1) is 11.6 Å². The van der Waals surface area contributed by atoms with Gasteiger partial charge >= 0.3 is 5.69 Å². The Morgan fingerprint density at radius 3 is 2.13 bits per heavy atom. The van der Waals surface area contributed by atoms with E-state index in [0.29, 0.717) is 16.3 Å². The summed E-state index contributed by atoms with van der Waals surface area (Å²) in [6.07, 6.45) is 0. The molecule has 0 saturated carbocycles. The third kappa shape index (κ3) is 4.42. The summed E-state index contributed by atoms with van der Waals surface area (Å²) in [5.41, 5.74) is 4.49. The zero-order valence-electron chi connectivity index (χ0n) is 17.6. The van der Waals surface area contributed by atoms with E-state index in [1.165, 1.54) is 21.9 Å². The average molecular weight is 429 g/mol. The van der Waals surface area contributed by atoms with Gasteiger partial charge in [-0.3, -0.25) is 13.9 Å². The third-order valence-electron chi connectivity index (χ3n) is 5.36.